The Bertz CT molecular complexity index is 106. The zero-order chi connectivity index (χ0) is 10.6. The van der Waals surface area contributed by atoms with E-state index in [0.29, 0.717) is 26.4 Å². The molecular formula is C10H23NO3. The number of hydrogen-bond acceptors (Lipinski definition) is 4. The molecule has 0 amide bonds. The van der Waals surface area contributed by atoms with Gasteiger partial charge in [0.1, 0.15) is 0 Å². The molecular weight excluding hydrogens is 182 g/mol. The minimum absolute atomic E-state index is 0.216. The smallest absolute Gasteiger partial charge is 0.180 e. The summed E-state index contributed by atoms with van der Waals surface area (Å²) in [5.74, 6) is 0. The molecule has 0 aromatic heterocycles. The summed E-state index contributed by atoms with van der Waals surface area (Å²) in [6.45, 7) is 10.3. The Labute approximate surface area is 86.9 Å². The van der Waals surface area contributed by atoms with E-state index >= 15 is 0 Å². The molecule has 0 bridgehead atoms. The minimum Gasteiger partial charge on any atom is -0.375 e. The molecule has 0 radical (unpaired) electrons. The molecule has 0 fully saturated rings. The lowest BCUT2D eigenvalue weighted by Crippen LogP contribution is -2.26. The van der Waals surface area contributed by atoms with Crippen molar-refractivity contribution < 1.29 is 14.2 Å². The quantitative estimate of drug-likeness (QED) is 0.427. The molecule has 0 aromatic carbocycles. The molecule has 0 aromatic rings. The van der Waals surface area contributed by atoms with Crippen LogP contribution in [0.5, 0.6) is 0 Å². The fraction of sp³-hybridized carbons (Fsp3) is 1.00. The summed E-state index contributed by atoms with van der Waals surface area (Å²) in [5, 5.41) is 3.18. The molecule has 14 heavy (non-hydrogen) atoms. The molecule has 0 aliphatic heterocycles. The first kappa shape index (κ1) is 13.8. The van der Waals surface area contributed by atoms with Gasteiger partial charge in [0.2, 0.25) is 0 Å². The summed E-state index contributed by atoms with van der Waals surface area (Å²) in [4.78, 5) is 0. The molecule has 0 heterocycles. The maximum atomic E-state index is 5.39. The number of rotatable bonds is 10. The Kier molecular flexibility index (Phi) is 10.8. The molecule has 0 saturated carbocycles. The number of likely N-dealkylation sites (N-methyl/N-ethyl adjacent to an activating group) is 1. The lowest BCUT2D eigenvalue weighted by molar-refractivity contribution is -0.166. The van der Waals surface area contributed by atoms with Crippen LogP contribution < -0.4 is 5.32 Å². The Morgan fingerprint density at radius 1 is 1.07 bits per heavy atom. The SMILES string of the molecule is CCNCCOCC(OCC)OCC. The van der Waals surface area contributed by atoms with Crippen molar-refractivity contribution in [2.75, 3.05) is 39.5 Å². The van der Waals surface area contributed by atoms with E-state index < -0.39 is 0 Å². The summed E-state index contributed by atoms with van der Waals surface area (Å²) in [7, 11) is 0. The predicted octanol–water partition coefficient (Wildman–Crippen LogP) is 1.01. The normalized spacial score (nSPS) is 11.1. The van der Waals surface area contributed by atoms with Crippen LogP contribution in [0.4, 0.5) is 0 Å². The van der Waals surface area contributed by atoms with E-state index in [0.717, 1.165) is 13.1 Å². The van der Waals surface area contributed by atoms with Crippen LogP contribution >= 0.6 is 0 Å². The Morgan fingerprint density at radius 3 is 2.21 bits per heavy atom. The molecule has 0 aliphatic rings. The summed E-state index contributed by atoms with van der Waals surface area (Å²) >= 11 is 0. The first-order chi connectivity index (χ1) is 6.85. The van der Waals surface area contributed by atoms with Gasteiger partial charge in [-0.1, -0.05) is 6.92 Å². The van der Waals surface area contributed by atoms with E-state index in [-0.39, 0.29) is 6.29 Å². The Hall–Kier alpha value is -0.160. The van der Waals surface area contributed by atoms with Crippen molar-refractivity contribution in [3.05, 3.63) is 0 Å². The molecule has 0 saturated heterocycles. The third kappa shape index (κ3) is 8.44. The second-order valence-corrected chi connectivity index (χ2v) is 2.77. The summed E-state index contributed by atoms with van der Waals surface area (Å²) in [5.41, 5.74) is 0. The van der Waals surface area contributed by atoms with Crippen LogP contribution in [0.1, 0.15) is 20.8 Å². The summed E-state index contributed by atoms with van der Waals surface area (Å²) in [6, 6.07) is 0. The average molecular weight is 205 g/mol. The zero-order valence-electron chi connectivity index (χ0n) is 9.54. The van der Waals surface area contributed by atoms with Crippen molar-refractivity contribution in [2.45, 2.75) is 27.1 Å². The maximum absolute atomic E-state index is 5.39. The topological polar surface area (TPSA) is 39.7 Å². The van der Waals surface area contributed by atoms with E-state index in [1.54, 1.807) is 0 Å². The fourth-order valence-electron chi connectivity index (χ4n) is 1.02. The average Bonchev–Trinajstić information content (AvgIpc) is 2.18. The number of hydrogen-bond donors (Lipinski definition) is 1. The number of nitrogens with one attached hydrogen (secondary N) is 1. The standard InChI is InChI=1S/C10H23NO3/c1-4-11-7-8-12-9-10(13-5-2)14-6-3/h10-11H,4-9H2,1-3H3. The van der Waals surface area contributed by atoms with Crippen molar-refractivity contribution in [1.29, 1.82) is 0 Å². The molecule has 1 N–H and O–H groups in total. The Balaban J connectivity index is 3.30. The van der Waals surface area contributed by atoms with E-state index in [9.17, 15) is 0 Å². The first-order valence-electron chi connectivity index (χ1n) is 5.36. The van der Waals surface area contributed by atoms with E-state index in [4.69, 9.17) is 14.2 Å². The summed E-state index contributed by atoms with van der Waals surface area (Å²) in [6.07, 6.45) is -0.216. The molecule has 0 unspecified atom stereocenters. The van der Waals surface area contributed by atoms with E-state index in [2.05, 4.69) is 12.2 Å². The zero-order valence-corrected chi connectivity index (χ0v) is 9.54. The molecule has 0 rings (SSSR count). The van der Waals surface area contributed by atoms with Crippen molar-refractivity contribution in [3.8, 4) is 0 Å². The van der Waals surface area contributed by atoms with E-state index in [1.165, 1.54) is 0 Å². The van der Waals surface area contributed by atoms with Crippen molar-refractivity contribution in [3.63, 3.8) is 0 Å². The monoisotopic (exact) mass is 205 g/mol. The van der Waals surface area contributed by atoms with E-state index in [1.807, 2.05) is 13.8 Å². The molecule has 4 heteroatoms. The third-order valence-corrected chi connectivity index (χ3v) is 1.63. The van der Waals surface area contributed by atoms with Gasteiger partial charge in [0.05, 0.1) is 13.2 Å². The van der Waals surface area contributed by atoms with Gasteiger partial charge in [0.15, 0.2) is 6.29 Å². The van der Waals surface area contributed by atoms with Crippen LogP contribution in [0.2, 0.25) is 0 Å². The first-order valence-corrected chi connectivity index (χ1v) is 5.36. The highest BCUT2D eigenvalue weighted by Crippen LogP contribution is 1.95. The van der Waals surface area contributed by atoms with Crippen LogP contribution in [-0.2, 0) is 14.2 Å². The van der Waals surface area contributed by atoms with Gasteiger partial charge < -0.3 is 19.5 Å². The lowest BCUT2D eigenvalue weighted by atomic mass is 10.6. The second kappa shape index (κ2) is 10.9. The summed E-state index contributed by atoms with van der Waals surface area (Å²) < 4.78 is 16.0. The molecule has 0 aliphatic carbocycles. The fourth-order valence-corrected chi connectivity index (χ4v) is 1.02. The van der Waals surface area contributed by atoms with Crippen LogP contribution in [0.15, 0.2) is 0 Å². The van der Waals surface area contributed by atoms with Gasteiger partial charge in [-0.25, -0.2) is 0 Å². The highest BCUT2D eigenvalue weighted by molar-refractivity contribution is 4.44. The Morgan fingerprint density at radius 2 is 1.71 bits per heavy atom. The second-order valence-electron chi connectivity index (χ2n) is 2.77. The van der Waals surface area contributed by atoms with Crippen LogP contribution in [-0.4, -0.2) is 45.8 Å². The van der Waals surface area contributed by atoms with Crippen LogP contribution in [0, 0.1) is 0 Å². The van der Waals surface area contributed by atoms with Gasteiger partial charge in [-0.05, 0) is 20.4 Å². The highest BCUT2D eigenvalue weighted by atomic mass is 16.7. The van der Waals surface area contributed by atoms with Gasteiger partial charge in [0, 0.05) is 19.8 Å². The van der Waals surface area contributed by atoms with Gasteiger partial charge in [-0.3, -0.25) is 0 Å². The van der Waals surface area contributed by atoms with Crippen molar-refractivity contribution in [2.24, 2.45) is 0 Å². The van der Waals surface area contributed by atoms with Crippen molar-refractivity contribution in [1.82, 2.24) is 5.32 Å². The highest BCUT2D eigenvalue weighted by Gasteiger charge is 2.06. The lowest BCUT2D eigenvalue weighted by Gasteiger charge is -2.16. The van der Waals surface area contributed by atoms with Crippen molar-refractivity contribution >= 4 is 0 Å². The minimum atomic E-state index is -0.216. The molecule has 0 spiro atoms. The maximum Gasteiger partial charge on any atom is 0.180 e. The molecule has 86 valence electrons. The van der Waals surface area contributed by atoms with Gasteiger partial charge >= 0.3 is 0 Å². The van der Waals surface area contributed by atoms with Gasteiger partial charge in [-0.15, -0.1) is 0 Å². The largest absolute Gasteiger partial charge is 0.375 e. The van der Waals surface area contributed by atoms with Crippen LogP contribution in [0.3, 0.4) is 0 Å². The number of ether oxygens (including phenoxy) is 3. The predicted molar refractivity (Wildman–Crippen MR) is 56.4 cm³/mol. The van der Waals surface area contributed by atoms with Crippen LogP contribution in [0.25, 0.3) is 0 Å². The third-order valence-electron chi connectivity index (χ3n) is 1.63. The molecule has 0 atom stereocenters. The van der Waals surface area contributed by atoms with Gasteiger partial charge in [0.25, 0.3) is 0 Å². The van der Waals surface area contributed by atoms with Gasteiger partial charge in [-0.2, -0.15) is 0 Å². The molecule has 4 nitrogen and oxygen atoms in total.